The Hall–Kier alpha value is -1.71. The minimum Gasteiger partial charge on any atom is -0.496 e. The third-order valence-electron chi connectivity index (χ3n) is 5.23. The first-order valence-electron chi connectivity index (χ1n) is 8.34. The van der Waals surface area contributed by atoms with Gasteiger partial charge in [-0.15, -0.1) is 0 Å². The summed E-state index contributed by atoms with van der Waals surface area (Å²) < 4.78 is 5.41. The van der Waals surface area contributed by atoms with E-state index in [0.29, 0.717) is 5.41 Å². The molecule has 1 heterocycles. The molecule has 2 fully saturated rings. The van der Waals surface area contributed by atoms with Gasteiger partial charge in [-0.25, -0.2) is 0 Å². The van der Waals surface area contributed by atoms with Gasteiger partial charge in [0.05, 0.1) is 7.11 Å². The van der Waals surface area contributed by atoms with Crippen molar-refractivity contribution in [3.63, 3.8) is 0 Å². The molecule has 0 atom stereocenters. The first kappa shape index (κ1) is 15.2. The summed E-state index contributed by atoms with van der Waals surface area (Å²) in [6.45, 7) is 3.21. The number of guanidine groups is 1. The number of benzene rings is 1. The zero-order valence-electron chi connectivity index (χ0n) is 13.8. The number of hydrogen-bond donors (Lipinski definition) is 1. The Kier molecular flexibility index (Phi) is 4.55. The van der Waals surface area contributed by atoms with Gasteiger partial charge in [-0.05, 0) is 42.7 Å². The van der Waals surface area contributed by atoms with E-state index in [1.54, 1.807) is 7.11 Å². The molecule has 1 spiro atoms. The van der Waals surface area contributed by atoms with E-state index in [9.17, 15) is 0 Å². The highest BCUT2D eigenvalue weighted by Crippen LogP contribution is 2.47. The van der Waals surface area contributed by atoms with Gasteiger partial charge in [0.1, 0.15) is 5.75 Å². The average Bonchev–Trinajstić information content (AvgIpc) is 2.97. The van der Waals surface area contributed by atoms with E-state index in [0.717, 1.165) is 31.2 Å². The zero-order valence-corrected chi connectivity index (χ0v) is 13.8. The summed E-state index contributed by atoms with van der Waals surface area (Å²) in [5.41, 5.74) is 1.85. The van der Waals surface area contributed by atoms with Gasteiger partial charge in [-0.3, -0.25) is 4.99 Å². The molecular formula is C18H27N3O. The van der Waals surface area contributed by atoms with E-state index in [1.807, 2.05) is 19.2 Å². The summed E-state index contributed by atoms with van der Waals surface area (Å²) in [6, 6.07) is 8.22. The first-order chi connectivity index (χ1) is 10.8. The van der Waals surface area contributed by atoms with Crippen LogP contribution in [0.5, 0.6) is 5.75 Å². The van der Waals surface area contributed by atoms with Gasteiger partial charge in [-0.1, -0.05) is 24.6 Å². The largest absolute Gasteiger partial charge is 0.496 e. The van der Waals surface area contributed by atoms with Gasteiger partial charge in [0.25, 0.3) is 0 Å². The zero-order chi connectivity index (χ0) is 15.4. The molecule has 0 aromatic heterocycles. The summed E-state index contributed by atoms with van der Waals surface area (Å²) in [7, 11) is 3.62. The second kappa shape index (κ2) is 6.59. The molecule has 3 rings (SSSR count). The van der Waals surface area contributed by atoms with E-state index in [2.05, 4.69) is 27.3 Å². The molecule has 4 heteroatoms. The first-order valence-corrected chi connectivity index (χ1v) is 8.34. The van der Waals surface area contributed by atoms with Crippen molar-refractivity contribution < 1.29 is 4.74 Å². The Balaban J connectivity index is 1.51. The van der Waals surface area contributed by atoms with Crippen molar-refractivity contribution in [1.29, 1.82) is 0 Å². The topological polar surface area (TPSA) is 36.9 Å². The van der Waals surface area contributed by atoms with Crippen LogP contribution in [0.15, 0.2) is 29.3 Å². The molecule has 120 valence electrons. The molecule has 1 aliphatic carbocycles. The molecule has 0 bridgehead atoms. The summed E-state index contributed by atoms with van der Waals surface area (Å²) >= 11 is 0. The van der Waals surface area contributed by atoms with Crippen LogP contribution in [-0.2, 0) is 6.42 Å². The molecule has 0 amide bonds. The van der Waals surface area contributed by atoms with Crippen LogP contribution in [0.25, 0.3) is 0 Å². The molecule has 22 heavy (non-hydrogen) atoms. The molecule has 1 aromatic carbocycles. The lowest BCUT2D eigenvalue weighted by molar-refractivity contribution is 0.151. The molecule has 1 aromatic rings. The maximum atomic E-state index is 5.41. The SMILES string of the molecule is CN=C(NCCc1ccccc1OC)N1CCC2(CCC2)C1. The second-order valence-electron chi connectivity index (χ2n) is 6.56. The summed E-state index contributed by atoms with van der Waals surface area (Å²) in [5.74, 6) is 2.02. The van der Waals surface area contributed by atoms with Crippen molar-refractivity contribution >= 4 is 5.96 Å². The van der Waals surface area contributed by atoms with Crippen molar-refractivity contribution in [2.45, 2.75) is 32.1 Å². The van der Waals surface area contributed by atoms with Crippen LogP contribution in [0.1, 0.15) is 31.2 Å². The van der Waals surface area contributed by atoms with E-state index >= 15 is 0 Å². The Morgan fingerprint density at radius 3 is 2.77 bits per heavy atom. The highest BCUT2D eigenvalue weighted by atomic mass is 16.5. The van der Waals surface area contributed by atoms with Crippen LogP contribution in [0.4, 0.5) is 0 Å². The highest BCUT2D eigenvalue weighted by Gasteiger charge is 2.43. The minimum absolute atomic E-state index is 0.611. The third-order valence-corrected chi connectivity index (χ3v) is 5.23. The van der Waals surface area contributed by atoms with Gasteiger partial charge in [-0.2, -0.15) is 0 Å². The van der Waals surface area contributed by atoms with Crippen LogP contribution >= 0.6 is 0 Å². The molecular weight excluding hydrogens is 274 g/mol. The van der Waals surface area contributed by atoms with Crippen LogP contribution < -0.4 is 10.1 Å². The Morgan fingerprint density at radius 1 is 1.32 bits per heavy atom. The fourth-order valence-electron chi connectivity index (χ4n) is 3.75. The normalized spacial score (nSPS) is 20.1. The fourth-order valence-corrected chi connectivity index (χ4v) is 3.75. The van der Waals surface area contributed by atoms with Crippen LogP contribution in [-0.4, -0.2) is 44.7 Å². The van der Waals surface area contributed by atoms with Gasteiger partial charge >= 0.3 is 0 Å². The van der Waals surface area contributed by atoms with Crippen molar-refractivity contribution in [2.24, 2.45) is 10.4 Å². The molecule has 1 saturated carbocycles. The molecule has 1 aliphatic heterocycles. The van der Waals surface area contributed by atoms with E-state index < -0.39 is 0 Å². The molecule has 1 N–H and O–H groups in total. The molecule has 2 aliphatic rings. The number of likely N-dealkylation sites (tertiary alicyclic amines) is 1. The number of para-hydroxylation sites is 1. The van der Waals surface area contributed by atoms with Crippen LogP contribution in [0, 0.1) is 5.41 Å². The molecule has 0 radical (unpaired) electrons. The summed E-state index contributed by atoms with van der Waals surface area (Å²) in [5, 5.41) is 3.52. The summed E-state index contributed by atoms with van der Waals surface area (Å²) in [4.78, 5) is 6.90. The van der Waals surface area contributed by atoms with E-state index in [4.69, 9.17) is 4.74 Å². The predicted molar refractivity (Wildman–Crippen MR) is 90.5 cm³/mol. The van der Waals surface area contributed by atoms with E-state index in [-0.39, 0.29) is 0 Å². The fraction of sp³-hybridized carbons (Fsp3) is 0.611. The third kappa shape index (κ3) is 3.06. The maximum Gasteiger partial charge on any atom is 0.193 e. The number of nitrogens with zero attached hydrogens (tertiary/aromatic N) is 2. The number of rotatable bonds is 4. The highest BCUT2D eigenvalue weighted by molar-refractivity contribution is 5.80. The average molecular weight is 301 g/mol. The number of methoxy groups -OCH3 is 1. The van der Waals surface area contributed by atoms with Crippen LogP contribution in [0.3, 0.4) is 0 Å². The molecule has 0 unspecified atom stereocenters. The lowest BCUT2D eigenvalue weighted by Crippen LogP contribution is -2.43. The lowest BCUT2D eigenvalue weighted by Gasteiger charge is -2.38. The van der Waals surface area contributed by atoms with Gasteiger partial charge in [0.15, 0.2) is 5.96 Å². The molecule has 1 saturated heterocycles. The maximum absolute atomic E-state index is 5.41. The van der Waals surface area contributed by atoms with Gasteiger partial charge in [0.2, 0.25) is 0 Å². The van der Waals surface area contributed by atoms with Crippen LogP contribution in [0.2, 0.25) is 0 Å². The second-order valence-corrected chi connectivity index (χ2v) is 6.56. The Bertz CT molecular complexity index is 537. The number of hydrogen-bond acceptors (Lipinski definition) is 2. The van der Waals surface area contributed by atoms with Crippen molar-refractivity contribution in [2.75, 3.05) is 33.8 Å². The van der Waals surface area contributed by atoms with Crippen molar-refractivity contribution in [1.82, 2.24) is 10.2 Å². The predicted octanol–water partition coefficient (Wildman–Crippen LogP) is 2.69. The standard InChI is InChI=1S/C18H27N3O/c1-19-17(21-13-11-18(14-21)9-5-10-18)20-12-8-15-6-3-4-7-16(15)22-2/h3-4,6-7H,5,8-14H2,1-2H3,(H,19,20). The Labute approximate surface area is 133 Å². The van der Waals surface area contributed by atoms with Crippen molar-refractivity contribution in [3.8, 4) is 5.75 Å². The van der Waals surface area contributed by atoms with E-state index in [1.165, 1.54) is 37.8 Å². The minimum atomic E-state index is 0.611. The summed E-state index contributed by atoms with van der Waals surface area (Å²) in [6.07, 6.45) is 6.50. The number of ether oxygens (including phenoxy) is 1. The van der Waals surface area contributed by atoms with Crippen molar-refractivity contribution in [3.05, 3.63) is 29.8 Å². The molecule has 4 nitrogen and oxygen atoms in total. The number of aliphatic imine (C=N–C) groups is 1. The Morgan fingerprint density at radius 2 is 2.14 bits per heavy atom. The van der Waals surface area contributed by atoms with Gasteiger partial charge < -0.3 is 15.0 Å². The van der Waals surface area contributed by atoms with Gasteiger partial charge in [0, 0.05) is 26.7 Å². The smallest absolute Gasteiger partial charge is 0.193 e. The monoisotopic (exact) mass is 301 g/mol. The lowest BCUT2D eigenvalue weighted by atomic mass is 9.68. The quantitative estimate of drug-likeness (QED) is 0.686. The number of nitrogens with one attached hydrogen (secondary N) is 1.